The van der Waals surface area contributed by atoms with Crippen LogP contribution >= 0.6 is 0 Å². The second-order valence-corrected chi connectivity index (χ2v) is 5.02. The second kappa shape index (κ2) is 3.85. The van der Waals surface area contributed by atoms with Crippen LogP contribution in [0.2, 0.25) is 0 Å². The predicted molar refractivity (Wildman–Crippen MR) is 72.7 cm³/mol. The first-order valence-electron chi connectivity index (χ1n) is 6.22. The summed E-state index contributed by atoms with van der Waals surface area (Å²) in [6, 6.07) is 8.91. The van der Waals surface area contributed by atoms with Gasteiger partial charge < -0.3 is 0 Å². The number of benzene rings is 1. The van der Waals surface area contributed by atoms with Crippen molar-refractivity contribution in [2.45, 2.75) is 25.3 Å². The molecule has 2 aromatic rings. The van der Waals surface area contributed by atoms with Crippen molar-refractivity contribution in [3.63, 3.8) is 0 Å². The fourth-order valence-corrected chi connectivity index (χ4v) is 2.43. The van der Waals surface area contributed by atoms with Crippen molar-refractivity contribution >= 4 is 0 Å². The van der Waals surface area contributed by atoms with Crippen molar-refractivity contribution in [1.82, 2.24) is 14.3 Å². The summed E-state index contributed by atoms with van der Waals surface area (Å²) in [4.78, 5) is 24.5. The van der Waals surface area contributed by atoms with Crippen LogP contribution in [-0.2, 0) is 5.54 Å². The van der Waals surface area contributed by atoms with Gasteiger partial charge in [0.15, 0.2) is 0 Å². The number of hydrogen-bond acceptors (Lipinski definition) is 2. The summed E-state index contributed by atoms with van der Waals surface area (Å²) in [5, 5.41) is 2.65. The van der Waals surface area contributed by atoms with Crippen LogP contribution in [0.1, 0.15) is 19.8 Å². The maximum atomic E-state index is 12.4. The van der Waals surface area contributed by atoms with Gasteiger partial charge in [-0.25, -0.2) is 23.9 Å². The van der Waals surface area contributed by atoms with E-state index in [4.69, 9.17) is 0 Å². The molecule has 0 spiro atoms. The minimum Gasteiger partial charge on any atom is -0.246 e. The molecular weight excluding hydrogens is 242 g/mol. The molecule has 0 aliphatic heterocycles. The van der Waals surface area contributed by atoms with Gasteiger partial charge in [0.05, 0.1) is 11.2 Å². The monoisotopic (exact) mass is 257 g/mol. The van der Waals surface area contributed by atoms with Crippen molar-refractivity contribution in [1.29, 1.82) is 0 Å². The van der Waals surface area contributed by atoms with Crippen LogP contribution in [-0.4, -0.2) is 14.3 Å². The molecule has 0 saturated heterocycles. The summed E-state index contributed by atoms with van der Waals surface area (Å²) in [6.07, 6.45) is 1.69. The third kappa shape index (κ3) is 1.62. The highest BCUT2D eigenvalue weighted by atomic mass is 16.2. The molecule has 0 radical (unpaired) electrons. The zero-order valence-corrected chi connectivity index (χ0v) is 10.7. The van der Waals surface area contributed by atoms with Crippen LogP contribution in [0.3, 0.4) is 0 Å². The zero-order chi connectivity index (χ0) is 13.6. The Morgan fingerprint density at radius 3 is 2.42 bits per heavy atom. The van der Waals surface area contributed by atoms with E-state index in [0.29, 0.717) is 5.69 Å². The summed E-state index contributed by atoms with van der Waals surface area (Å²) in [5.41, 5.74) is 0.331. The van der Waals surface area contributed by atoms with Crippen LogP contribution < -0.4 is 11.4 Å². The van der Waals surface area contributed by atoms with E-state index >= 15 is 0 Å². The van der Waals surface area contributed by atoms with Crippen molar-refractivity contribution in [3.05, 3.63) is 63.5 Å². The number of nitrogens with zero attached hydrogens (tertiary/aromatic N) is 2. The molecule has 1 aromatic heterocycles. The summed E-state index contributed by atoms with van der Waals surface area (Å²) in [6.45, 7) is 5.81. The smallest absolute Gasteiger partial charge is 0.246 e. The fraction of sp³-hybridized carbons (Fsp3) is 0.286. The van der Waals surface area contributed by atoms with Gasteiger partial charge in [0, 0.05) is 0 Å². The van der Waals surface area contributed by atoms with Gasteiger partial charge >= 0.3 is 11.4 Å². The van der Waals surface area contributed by atoms with Gasteiger partial charge in [0.25, 0.3) is 0 Å². The highest BCUT2D eigenvalue weighted by Gasteiger charge is 2.48. The summed E-state index contributed by atoms with van der Waals surface area (Å²) in [5.74, 6) is 0. The Labute approximate surface area is 109 Å². The van der Waals surface area contributed by atoms with Crippen LogP contribution in [0, 0.1) is 0 Å². The fourth-order valence-electron chi connectivity index (χ4n) is 2.43. The van der Waals surface area contributed by atoms with Crippen LogP contribution in [0.4, 0.5) is 0 Å². The minimum absolute atomic E-state index is 0.336. The Balaban J connectivity index is 2.21. The van der Waals surface area contributed by atoms with Gasteiger partial charge in [-0.3, -0.25) is 0 Å². The van der Waals surface area contributed by atoms with E-state index in [0.717, 1.165) is 23.0 Å². The van der Waals surface area contributed by atoms with Crippen LogP contribution in [0.25, 0.3) is 5.69 Å². The normalized spacial score (nSPS) is 16.3. The summed E-state index contributed by atoms with van der Waals surface area (Å²) >= 11 is 0. The van der Waals surface area contributed by atoms with E-state index in [2.05, 4.69) is 11.7 Å². The molecule has 19 heavy (non-hydrogen) atoms. The molecule has 1 saturated carbocycles. The van der Waals surface area contributed by atoms with Crippen molar-refractivity contribution < 1.29 is 0 Å². The summed E-state index contributed by atoms with van der Waals surface area (Å²) in [7, 11) is 0. The lowest BCUT2D eigenvalue weighted by Gasteiger charge is -2.14. The van der Waals surface area contributed by atoms with Gasteiger partial charge in [-0.05, 0) is 31.9 Å². The molecule has 3 rings (SSSR count). The van der Waals surface area contributed by atoms with Crippen molar-refractivity contribution in [2.75, 3.05) is 0 Å². The van der Waals surface area contributed by atoms with E-state index in [1.54, 1.807) is 24.3 Å². The Kier molecular flexibility index (Phi) is 2.38. The lowest BCUT2D eigenvalue weighted by molar-refractivity contribution is 0.477. The highest BCUT2D eigenvalue weighted by Crippen LogP contribution is 2.47. The lowest BCUT2D eigenvalue weighted by atomic mass is 10.1. The quantitative estimate of drug-likeness (QED) is 0.845. The van der Waals surface area contributed by atoms with E-state index in [1.807, 2.05) is 13.0 Å². The average Bonchev–Trinajstić information content (AvgIpc) is 3.13. The SMILES string of the molecule is C=C(C)C1(n2[nH]c(=O)n(-c3ccccc3)c2=O)CC1. The maximum absolute atomic E-state index is 12.4. The molecule has 1 aliphatic carbocycles. The largest absolute Gasteiger partial charge is 0.352 e. The van der Waals surface area contributed by atoms with Gasteiger partial charge in [0.1, 0.15) is 0 Å². The van der Waals surface area contributed by atoms with E-state index < -0.39 is 11.2 Å². The van der Waals surface area contributed by atoms with Crippen molar-refractivity contribution in [2.24, 2.45) is 0 Å². The maximum Gasteiger partial charge on any atom is 0.352 e. The molecular formula is C14H15N3O2. The number of aromatic amines is 1. The van der Waals surface area contributed by atoms with Gasteiger partial charge in [-0.15, -0.1) is 0 Å². The Bertz CT molecular complexity index is 745. The third-order valence-electron chi connectivity index (χ3n) is 3.75. The van der Waals surface area contributed by atoms with Gasteiger partial charge in [-0.2, -0.15) is 0 Å². The molecule has 98 valence electrons. The molecule has 1 heterocycles. The van der Waals surface area contributed by atoms with E-state index in [1.165, 1.54) is 4.68 Å². The van der Waals surface area contributed by atoms with Crippen LogP contribution in [0.5, 0.6) is 0 Å². The van der Waals surface area contributed by atoms with Gasteiger partial charge in [-0.1, -0.05) is 30.4 Å². The molecule has 0 bridgehead atoms. The average molecular weight is 257 g/mol. The minimum atomic E-state index is -0.413. The number of H-pyrrole nitrogens is 1. The first kappa shape index (κ1) is 11.8. The van der Waals surface area contributed by atoms with E-state index in [9.17, 15) is 9.59 Å². The second-order valence-electron chi connectivity index (χ2n) is 5.02. The molecule has 1 aromatic carbocycles. The van der Waals surface area contributed by atoms with Crippen LogP contribution in [0.15, 0.2) is 52.1 Å². The molecule has 0 amide bonds. The molecule has 5 nitrogen and oxygen atoms in total. The number of nitrogens with one attached hydrogen (secondary N) is 1. The summed E-state index contributed by atoms with van der Waals surface area (Å²) < 4.78 is 2.58. The van der Waals surface area contributed by atoms with Gasteiger partial charge in [0.2, 0.25) is 0 Å². The molecule has 1 N–H and O–H groups in total. The predicted octanol–water partition coefficient (Wildman–Crippen LogP) is 1.39. The van der Waals surface area contributed by atoms with E-state index in [-0.39, 0.29) is 5.69 Å². The molecule has 1 fully saturated rings. The number of aromatic nitrogens is 3. The molecule has 1 aliphatic rings. The number of para-hydroxylation sites is 1. The molecule has 0 unspecified atom stereocenters. The Morgan fingerprint density at radius 1 is 1.26 bits per heavy atom. The Hall–Kier alpha value is -2.30. The number of allylic oxidation sites excluding steroid dienone is 1. The first-order valence-corrected chi connectivity index (χ1v) is 6.22. The van der Waals surface area contributed by atoms with Crippen molar-refractivity contribution in [3.8, 4) is 5.69 Å². The Morgan fingerprint density at radius 2 is 1.89 bits per heavy atom. The number of hydrogen-bond donors (Lipinski definition) is 1. The topological polar surface area (TPSA) is 59.8 Å². The zero-order valence-electron chi connectivity index (χ0n) is 10.7. The first-order chi connectivity index (χ1) is 9.06. The molecule has 0 atom stereocenters. The number of rotatable bonds is 3. The lowest BCUT2D eigenvalue weighted by Crippen LogP contribution is -2.33. The standard InChI is InChI=1S/C14H15N3O2/c1-10(2)14(8-9-14)17-13(19)16(12(18)15-17)11-6-4-3-5-7-11/h3-7H,1,8-9H2,2H3,(H,15,18). The third-order valence-corrected chi connectivity index (χ3v) is 3.75. The molecule has 5 heteroatoms. The highest BCUT2D eigenvalue weighted by molar-refractivity contribution is 5.31.